The van der Waals surface area contributed by atoms with Gasteiger partial charge in [0.2, 0.25) is 0 Å². The predicted molar refractivity (Wildman–Crippen MR) is 169 cm³/mol. The van der Waals surface area contributed by atoms with Crippen LogP contribution in [0.15, 0.2) is 24.3 Å². The minimum absolute atomic E-state index is 0.0547. The summed E-state index contributed by atoms with van der Waals surface area (Å²) in [5, 5.41) is 26.0. The number of phenolic OH excluding ortho intramolecular Hbond substituents is 1. The molecule has 2 aromatic carbocycles. The highest BCUT2D eigenvalue weighted by Gasteiger charge is 2.48. The Hall–Kier alpha value is -2.99. The smallest absolute Gasteiger partial charge is 0.140 e. The summed E-state index contributed by atoms with van der Waals surface area (Å²) in [7, 11) is 0. The molecule has 5 aliphatic rings. The van der Waals surface area contributed by atoms with E-state index < -0.39 is 12.0 Å². The molecule has 44 heavy (non-hydrogen) atoms. The molecule has 8 rings (SSSR count). The van der Waals surface area contributed by atoms with Crippen LogP contribution in [0.1, 0.15) is 74.6 Å². The highest BCUT2D eigenvalue weighted by Crippen LogP contribution is 2.54. The van der Waals surface area contributed by atoms with E-state index in [2.05, 4.69) is 28.1 Å². The Morgan fingerprint density at radius 1 is 1.16 bits per heavy atom. The molecule has 5 fully saturated rings. The molecule has 3 aromatic rings. The molecule has 230 valence electrons. The second-order valence-electron chi connectivity index (χ2n) is 14.1. The zero-order valence-electron chi connectivity index (χ0n) is 25.1. The van der Waals surface area contributed by atoms with E-state index in [9.17, 15) is 14.8 Å². The topological polar surface area (TPSA) is 75.4 Å². The van der Waals surface area contributed by atoms with Gasteiger partial charge in [0.05, 0.1) is 11.6 Å². The summed E-state index contributed by atoms with van der Waals surface area (Å²) < 4.78 is 31.7. The van der Waals surface area contributed by atoms with E-state index in [0.29, 0.717) is 58.7 Å². The lowest BCUT2D eigenvalue weighted by molar-refractivity contribution is 0.182. The van der Waals surface area contributed by atoms with Gasteiger partial charge in [-0.15, -0.1) is 0 Å². The molecule has 1 saturated carbocycles. The second kappa shape index (κ2) is 10.5. The fourth-order valence-electron chi connectivity index (χ4n) is 8.96. The van der Waals surface area contributed by atoms with E-state index in [-0.39, 0.29) is 28.3 Å². The Labute approximate surface area is 262 Å². The summed E-state index contributed by atoms with van der Waals surface area (Å²) in [4.78, 5) is 9.76. The number of hydrogen-bond donors (Lipinski definition) is 2. The van der Waals surface area contributed by atoms with Gasteiger partial charge in [0.1, 0.15) is 23.6 Å². The summed E-state index contributed by atoms with van der Waals surface area (Å²) in [5.41, 5.74) is 2.32. The number of aromatic nitrogens is 1. The lowest BCUT2D eigenvalue weighted by Gasteiger charge is -2.35. The molecule has 6 atom stereocenters. The standard InChI is InChI=1S/C35H38ClF2N5O/c1-19-9-26(19)32-29(12-25(44)13-30(32)36)31-20(15-39)10-28-27(33(31)38)11-22(5-7-35-6-2-8-43(35)16-21(37)14-35)41-34(28)42-17-23-3-4-24(18-42)40-23/h10-13,19,21,23-24,26,40,44H,2-9,14,16-18H2,1H3/t19-,21-,23?,24?,26-,35-/m1/s1. The first kappa shape index (κ1) is 28.5. The molecule has 2 unspecified atom stereocenters. The van der Waals surface area contributed by atoms with Crippen molar-refractivity contribution in [3.63, 3.8) is 0 Å². The minimum Gasteiger partial charge on any atom is -0.508 e. The third-order valence-corrected chi connectivity index (χ3v) is 11.5. The maximum absolute atomic E-state index is 17.1. The van der Waals surface area contributed by atoms with Crippen LogP contribution in [-0.4, -0.2) is 65.0 Å². The highest BCUT2D eigenvalue weighted by atomic mass is 35.5. The van der Waals surface area contributed by atoms with Crippen LogP contribution in [0.3, 0.4) is 0 Å². The lowest BCUT2D eigenvalue weighted by Crippen LogP contribution is -2.51. The number of aromatic hydroxyl groups is 1. The van der Waals surface area contributed by atoms with Crippen molar-refractivity contribution in [2.24, 2.45) is 5.92 Å². The molecule has 2 bridgehead atoms. The second-order valence-corrected chi connectivity index (χ2v) is 14.5. The van der Waals surface area contributed by atoms with E-state index in [1.807, 2.05) is 6.07 Å². The molecule has 6 nitrogen and oxygen atoms in total. The lowest BCUT2D eigenvalue weighted by atomic mass is 9.87. The first-order chi connectivity index (χ1) is 21.2. The van der Waals surface area contributed by atoms with Gasteiger partial charge in [-0.2, -0.15) is 5.26 Å². The van der Waals surface area contributed by atoms with Crippen LogP contribution in [0.4, 0.5) is 14.6 Å². The van der Waals surface area contributed by atoms with Gasteiger partial charge in [-0.05, 0) is 105 Å². The molecule has 2 N–H and O–H groups in total. The van der Waals surface area contributed by atoms with Crippen LogP contribution in [-0.2, 0) is 6.42 Å². The molecule has 1 aliphatic carbocycles. The van der Waals surface area contributed by atoms with Gasteiger partial charge >= 0.3 is 0 Å². The first-order valence-corrected chi connectivity index (χ1v) is 16.6. The number of halogens is 3. The predicted octanol–water partition coefficient (Wildman–Crippen LogP) is 6.84. The first-order valence-electron chi connectivity index (χ1n) is 16.2. The number of rotatable bonds is 6. The molecular weight excluding hydrogens is 580 g/mol. The molecule has 5 heterocycles. The average molecular weight is 618 g/mol. The van der Waals surface area contributed by atoms with Gasteiger partial charge < -0.3 is 15.3 Å². The molecule has 1 aromatic heterocycles. The molecule has 4 aliphatic heterocycles. The van der Waals surface area contributed by atoms with Gasteiger partial charge in [-0.25, -0.2) is 13.8 Å². The highest BCUT2D eigenvalue weighted by molar-refractivity contribution is 6.32. The van der Waals surface area contributed by atoms with E-state index >= 15 is 4.39 Å². The van der Waals surface area contributed by atoms with E-state index in [0.717, 1.165) is 75.2 Å². The minimum atomic E-state index is -0.798. The molecule has 0 spiro atoms. The zero-order chi connectivity index (χ0) is 30.3. The van der Waals surface area contributed by atoms with E-state index in [1.165, 1.54) is 6.07 Å². The maximum Gasteiger partial charge on any atom is 0.140 e. The quantitative estimate of drug-likeness (QED) is 0.315. The van der Waals surface area contributed by atoms with Crippen molar-refractivity contribution >= 4 is 28.2 Å². The van der Waals surface area contributed by atoms with Gasteiger partial charge in [0.25, 0.3) is 0 Å². The third-order valence-electron chi connectivity index (χ3n) is 11.2. The van der Waals surface area contributed by atoms with Crippen LogP contribution in [0.25, 0.3) is 21.9 Å². The number of anilines is 1. The fraction of sp³-hybridized carbons (Fsp3) is 0.543. The van der Waals surface area contributed by atoms with Crippen LogP contribution < -0.4 is 10.2 Å². The van der Waals surface area contributed by atoms with Crippen molar-refractivity contribution < 1.29 is 13.9 Å². The SMILES string of the molecule is C[C@@H]1C[C@H]1c1c(Cl)cc(O)cc1-c1c(C#N)cc2c(N3CC4CCC(C3)N4)nc(CC[C@@]34CCCN3C[C@H](F)C4)cc2c1F. The van der Waals surface area contributed by atoms with Crippen molar-refractivity contribution in [2.45, 2.75) is 88.0 Å². The Morgan fingerprint density at radius 3 is 2.66 bits per heavy atom. The van der Waals surface area contributed by atoms with E-state index in [1.54, 1.807) is 12.1 Å². The number of phenols is 1. The molecule has 0 radical (unpaired) electrons. The number of nitriles is 1. The van der Waals surface area contributed by atoms with Gasteiger partial charge in [0, 0.05) is 64.3 Å². The summed E-state index contributed by atoms with van der Waals surface area (Å²) in [5.74, 6) is 0.728. The summed E-state index contributed by atoms with van der Waals surface area (Å²) >= 11 is 6.67. The number of benzene rings is 2. The van der Waals surface area contributed by atoms with Crippen LogP contribution >= 0.6 is 11.6 Å². The van der Waals surface area contributed by atoms with Crippen LogP contribution in [0.5, 0.6) is 5.75 Å². The fourth-order valence-corrected chi connectivity index (χ4v) is 9.31. The van der Waals surface area contributed by atoms with Gasteiger partial charge in [-0.3, -0.25) is 4.90 Å². The van der Waals surface area contributed by atoms with Gasteiger partial charge in [-0.1, -0.05) is 18.5 Å². The van der Waals surface area contributed by atoms with Crippen molar-refractivity contribution in [1.82, 2.24) is 15.2 Å². The number of hydrogen-bond acceptors (Lipinski definition) is 6. The zero-order valence-corrected chi connectivity index (χ0v) is 25.8. The molecule has 9 heteroatoms. The molecular formula is C35H38ClF2N5O. The van der Waals surface area contributed by atoms with Crippen LogP contribution in [0, 0.1) is 23.1 Å². The van der Waals surface area contributed by atoms with Crippen molar-refractivity contribution in [3.8, 4) is 22.9 Å². The molecule has 0 amide bonds. The Balaban J connectivity index is 1.28. The van der Waals surface area contributed by atoms with E-state index in [4.69, 9.17) is 16.6 Å². The summed E-state index contributed by atoms with van der Waals surface area (Å²) in [6.45, 7) is 5.12. The number of piperazine rings is 1. The number of aryl methyl sites for hydroxylation is 1. The van der Waals surface area contributed by atoms with Gasteiger partial charge in [0.15, 0.2) is 0 Å². The Kier molecular flexibility index (Phi) is 6.82. The summed E-state index contributed by atoms with van der Waals surface area (Å²) in [6, 6.07) is 9.67. The normalized spacial score (nSPS) is 31.1. The number of pyridine rings is 1. The maximum atomic E-state index is 17.1. The van der Waals surface area contributed by atoms with Crippen molar-refractivity contribution in [3.05, 3.63) is 51.9 Å². The average Bonchev–Trinajstić information content (AvgIpc) is 3.26. The van der Waals surface area contributed by atoms with Crippen molar-refractivity contribution in [1.29, 1.82) is 5.26 Å². The third kappa shape index (κ3) is 4.66. The Morgan fingerprint density at radius 2 is 1.93 bits per heavy atom. The largest absolute Gasteiger partial charge is 0.508 e. The number of fused-ring (bicyclic) bond motifs is 4. The monoisotopic (exact) mass is 617 g/mol. The number of alkyl halides is 1. The van der Waals surface area contributed by atoms with Crippen LogP contribution in [0.2, 0.25) is 5.02 Å². The number of nitrogens with one attached hydrogen (secondary N) is 1. The summed E-state index contributed by atoms with van der Waals surface area (Å²) in [6.07, 6.45) is 6.37. The molecule has 4 saturated heterocycles. The number of nitrogens with zero attached hydrogens (tertiary/aromatic N) is 4. The Bertz CT molecular complexity index is 1700. The van der Waals surface area contributed by atoms with Crippen molar-refractivity contribution in [2.75, 3.05) is 31.1 Å².